The number of phenolic OH excluding ortho intramolecular Hbond substituents is 1. The van der Waals surface area contributed by atoms with Crippen molar-refractivity contribution >= 4 is 18.4 Å². The third-order valence-corrected chi connectivity index (χ3v) is 2.08. The van der Waals surface area contributed by atoms with E-state index in [2.05, 4.69) is 4.74 Å². The number of carbonyl (C=O) groups is 1. The molecule has 0 amide bonds. The minimum absolute atomic E-state index is 0. The summed E-state index contributed by atoms with van der Waals surface area (Å²) in [4.78, 5) is 11.1. The first-order valence-corrected chi connectivity index (χ1v) is 4.91. The normalized spacial score (nSPS) is 13.4. The lowest BCUT2D eigenvalue weighted by Gasteiger charge is -2.15. The van der Waals surface area contributed by atoms with Crippen molar-refractivity contribution in [3.63, 3.8) is 0 Å². The lowest BCUT2D eigenvalue weighted by Crippen LogP contribution is -2.31. The summed E-state index contributed by atoms with van der Waals surface area (Å²) in [6.45, 7) is 1.69. The zero-order valence-electron chi connectivity index (χ0n) is 9.30. The Labute approximate surface area is 105 Å². The minimum atomic E-state index is -1.93. The van der Waals surface area contributed by atoms with E-state index < -0.39 is 18.2 Å². The first-order chi connectivity index (χ1) is 7.56. The van der Waals surface area contributed by atoms with Crippen LogP contribution in [0.25, 0.3) is 0 Å². The Morgan fingerprint density at radius 3 is 2.76 bits per heavy atom. The van der Waals surface area contributed by atoms with Crippen molar-refractivity contribution in [2.45, 2.75) is 19.1 Å². The van der Waals surface area contributed by atoms with E-state index in [1.807, 2.05) is 0 Å². The molecule has 0 fully saturated rings. The van der Waals surface area contributed by atoms with E-state index in [-0.39, 0.29) is 24.8 Å². The van der Waals surface area contributed by atoms with Gasteiger partial charge in [-0.25, -0.2) is 9.18 Å². The van der Waals surface area contributed by atoms with Crippen molar-refractivity contribution in [2.75, 3.05) is 6.61 Å². The minimum Gasteiger partial charge on any atom is -0.508 e. The van der Waals surface area contributed by atoms with Crippen LogP contribution in [0.15, 0.2) is 24.3 Å². The highest BCUT2D eigenvalue weighted by Gasteiger charge is 2.27. The predicted molar refractivity (Wildman–Crippen MR) is 63.8 cm³/mol. The van der Waals surface area contributed by atoms with Crippen LogP contribution in [-0.2, 0) is 9.53 Å². The first kappa shape index (κ1) is 15.7. The molecule has 17 heavy (non-hydrogen) atoms. The first-order valence-electron chi connectivity index (χ1n) is 4.91. The summed E-state index contributed by atoms with van der Waals surface area (Å²) in [6.07, 6.45) is -1.93. The zero-order chi connectivity index (χ0) is 12.1. The van der Waals surface area contributed by atoms with Crippen LogP contribution in [0.4, 0.5) is 4.39 Å². The summed E-state index contributed by atoms with van der Waals surface area (Å²) in [5, 5.41) is 9.19. The number of alkyl halides is 1. The van der Waals surface area contributed by atoms with Crippen molar-refractivity contribution in [1.29, 1.82) is 0 Å². The number of aromatic hydroxyl groups is 1. The lowest BCUT2D eigenvalue weighted by atomic mass is 10.0. The fourth-order valence-corrected chi connectivity index (χ4v) is 1.27. The number of rotatable bonds is 4. The highest BCUT2D eigenvalue weighted by Crippen LogP contribution is 2.21. The number of ether oxygens (including phenoxy) is 1. The standard InChI is InChI=1S/C11H14FNO3.ClH/c1-2-16-11(15)9(12)10(13)7-4-3-5-8(14)6-7;/h3-6,9-10,14H,2,13H2,1H3;1H/t9?,10-;/m1./s1. The van der Waals surface area contributed by atoms with Crippen molar-refractivity contribution in [3.05, 3.63) is 29.8 Å². The van der Waals surface area contributed by atoms with Gasteiger partial charge in [0.05, 0.1) is 12.6 Å². The predicted octanol–water partition coefficient (Wildman–Crippen LogP) is 1.71. The SMILES string of the molecule is CCOC(=O)C(F)[C@H](N)c1cccc(O)c1.Cl. The summed E-state index contributed by atoms with van der Waals surface area (Å²) in [7, 11) is 0. The van der Waals surface area contributed by atoms with Crippen LogP contribution in [0.1, 0.15) is 18.5 Å². The molecule has 0 heterocycles. The van der Waals surface area contributed by atoms with E-state index >= 15 is 0 Å². The van der Waals surface area contributed by atoms with Crippen LogP contribution in [0.5, 0.6) is 5.75 Å². The van der Waals surface area contributed by atoms with Gasteiger partial charge in [-0.15, -0.1) is 12.4 Å². The van der Waals surface area contributed by atoms with E-state index in [1.165, 1.54) is 24.3 Å². The molecule has 1 unspecified atom stereocenters. The molecule has 0 aliphatic heterocycles. The molecule has 1 aromatic rings. The number of hydrogen-bond acceptors (Lipinski definition) is 4. The van der Waals surface area contributed by atoms with Crippen LogP contribution in [0, 0.1) is 0 Å². The smallest absolute Gasteiger partial charge is 0.342 e. The van der Waals surface area contributed by atoms with Crippen LogP contribution in [-0.4, -0.2) is 23.9 Å². The molecule has 1 aromatic carbocycles. The third-order valence-electron chi connectivity index (χ3n) is 2.08. The molecule has 0 saturated heterocycles. The molecule has 6 heteroatoms. The van der Waals surface area contributed by atoms with Crippen molar-refractivity contribution in [1.82, 2.24) is 0 Å². The Bertz CT molecular complexity index is 375. The van der Waals surface area contributed by atoms with Crippen molar-refractivity contribution in [2.24, 2.45) is 5.73 Å². The van der Waals surface area contributed by atoms with Gasteiger partial charge in [0, 0.05) is 0 Å². The van der Waals surface area contributed by atoms with E-state index in [1.54, 1.807) is 6.92 Å². The van der Waals surface area contributed by atoms with Gasteiger partial charge in [0.1, 0.15) is 5.75 Å². The Morgan fingerprint density at radius 2 is 2.24 bits per heavy atom. The van der Waals surface area contributed by atoms with E-state index in [9.17, 15) is 14.3 Å². The van der Waals surface area contributed by atoms with Gasteiger partial charge in [-0.05, 0) is 24.6 Å². The van der Waals surface area contributed by atoms with Gasteiger partial charge in [-0.2, -0.15) is 0 Å². The van der Waals surface area contributed by atoms with E-state index in [0.29, 0.717) is 5.56 Å². The van der Waals surface area contributed by atoms with Crippen LogP contribution in [0.2, 0.25) is 0 Å². The fourth-order valence-electron chi connectivity index (χ4n) is 1.27. The molecule has 0 aliphatic rings. The maximum absolute atomic E-state index is 13.5. The highest BCUT2D eigenvalue weighted by molar-refractivity contribution is 5.85. The number of phenols is 1. The maximum Gasteiger partial charge on any atom is 0.342 e. The Balaban J connectivity index is 0.00000256. The Kier molecular flexibility index (Phi) is 6.53. The van der Waals surface area contributed by atoms with Gasteiger partial charge in [0.25, 0.3) is 0 Å². The average Bonchev–Trinajstić information content (AvgIpc) is 2.27. The molecule has 0 saturated carbocycles. The molecule has 0 radical (unpaired) electrons. The van der Waals surface area contributed by atoms with Gasteiger partial charge in [0.2, 0.25) is 6.17 Å². The molecule has 0 aromatic heterocycles. The Hall–Kier alpha value is -1.33. The van der Waals surface area contributed by atoms with Gasteiger partial charge in [-0.1, -0.05) is 12.1 Å². The number of benzene rings is 1. The summed E-state index contributed by atoms with van der Waals surface area (Å²) in [5.41, 5.74) is 5.90. The van der Waals surface area contributed by atoms with Crippen LogP contribution >= 0.6 is 12.4 Å². The summed E-state index contributed by atoms with van der Waals surface area (Å²) in [6, 6.07) is 4.69. The summed E-state index contributed by atoms with van der Waals surface area (Å²) < 4.78 is 18.0. The molecule has 3 N–H and O–H groups in total. The summed E-state index contributed by atoms with van der Waals surface area (Å²) >= 11 is 0. The van der Waals surface area contributed by atoms with Crippen molar-refractivity contribution < 1.29 is 19.0 Å². The van der Waals surface area contributed by atoms with Gasteiger partial charge >= 0.3 is 5.97 Å². The second-order valence-electron chi connectivity index (χ2n) is 3.27. The second-order valence-corrected chi connectivity index (χ2v) is 3.27. The van der Waals surface area contributed by atoms with Crippen molar-refractivity contribution in [3.8, 4) is 5.75 Å². The molecular formula is C11H15ClFNO3. The van der Waals surface area contributed by atoms with Gasteiger partial charge < -0.3 is 15.6 Å². The number of halogens is 2. The second kappa shape index (κ2) is 7.09. The summed E-state index contributed by atoms with van der Waals surface area (Å²) in [5.74, 6) is -1.01. The lowest BCUT2D eigenvalue weighted by molar-refractivity contribution is -0.149. The quantitative estimate of drug-likeness (QED) is 0.812. The average molecular weight is 264 g/mol. The number of nitrogens with two attached hydrogens (primary N) is 1. The molecule has 96 valence electrons. The largest absolute Gasteiger partial charge is 0.508 e. The molecule has 0 bridgehead atoms. The van der Waals surface area contributed by atoms with Crippen LogP contribution in [0.3, 0.4) is 0 Å². The number of hydrogen-bond donors (Lipinski definition) is 2. The molecule has 0 spiro atoms. The monoisotopic (exact) mass is 263 g/mol. The zero-order valence-corrected chi connectivity index (χ0v) is 10.1. The van der Waals surface area contributed by atoms with E-state index in [0.717, 1.165) is 0 Å². The molecule has 1 rings (SSSR count). The van der Waals surface area contributed by atoms with Crippen LogP contribution < -0.4 is 5.73 Å². The van der Waals surface area contributed by atoms with Gasteiger partial charge in [0.15, 0.2) is 0 Å². The fraction of sp³-hybridized carbons (Fsp3) is 0.364. The Morgan fingerprint density at radius 1 is 1.59 bits per heavy atom. The van der Waals surface area contributed by atoms with Gasteiger partial charge in [-0.3, -0.25) is 0 Å². The highest BCUT2D eigenvalue weighted by atomic mass is 35.5. The molecule has 0 aliphatic carbocycles. The third kappa shape index (κ3) is 4.20. The topological polar surface area (TPSA) is 72.5 Å². The molecular weight excluding hydrogens is 249 g/mol. The molecule has 4 nitrogen and oxygen atoms in total. The number of esters is 1. The maximum atomic E-state index is 13.5. The number of carbonyl (C=O) groups excluding carboxylic acids is 1. The molecule has 2 atom stereocenters. The van der Waals surface area contributed by atoms with E-state index in [4.69, 9.17) is 5.73 Å².